The van der Waals surface area contributed by atoms with Crippen LogP contribution < -0.4 is 0 Å². The summed E-state index contributed by atoms with van der Waals surface area (Å²) in [6.07, 6.45) is -4.60. The first-order chi connectivity index (χ1) is 9.67. The SMILES string of the molecule is CS(=O)(=O)c1ccc(C(=O)O)c(Cl)c1S(=O)(=O)CC(F)(F)F. The quantitative estimate of drug-likeness (QED) is 0.853. The van der Waals surface area contributed by atoms with Crippen molar-refractivity contribution in [2.24, 2.45) is 0 Å². The van der Waals surface area contributed by atoms with Crippen LogP contribution in [0, 0.1) is 0 Å². The standard InChI is InChI=1S/C10H8ClF3O6S2/c1-21(17,18)6-3-2-5(9(15)16)7(11)8(6)22(19,20)4-10(12,13)14/h2-3H,4H2,1H3,(H,15,16). The van der Waals surface area contributed by atoms with Crippen molar-refractivity contribution in [3.63, 3.8) is 0 Å². The van der Waals surface area contributed by atoms with Crippen molar-refractivity contribution in [2.75, 3.05) is 12.0 Å². The number of aromatic carboxylic acids is 1. The van der Waals surface area contributed by atoms with E-state index in [1.165, 1.54) is 0 Å². The zero-order valence-corrected chi connectivity index (χ0v) is 13.1. The number of sulfone groups is 2. The topological polar surface area (TPSA) is 106 Å². The summed E-state index contributed by atoms with van der Waals surface area (Å²) >= 11 is 5.54. The number of carboxylic acid groups (broad SMARTS) is 1. The second-order valence-corrected chi connectivity index (χ2v) is 8.49. The molecule has 0 aromatic heterocycles. The van der Waals surface area contributed by atoms with Crippen molar-refractivity contribution in [3.05, 3.63) is 22.7 Å². The summed E-state index contributed by atoms with van der Waals surface area (Å²) in [5.74, 6) is -4.08. The predicted molar refractivity (Wildman–Crippen MR) is 69.6 cm³/mol. The van der Waals surface area contributed by atoms with Crippen molar-refractivity contribution >= 4 is 37.2 Å². The molecule has 6 nitrogen and oxygen atoms in total. The Bertz CT molecular complexity index is 827. The third kappa shape index (κ3) is 4.11. The lowest BCUT2D eigenvalue weighted by Crippen LogP contribution is -2.25. The van der Waals surface area contributed by atoms with Crippen LogP contribution in [0.1, 0.15) is 10.4 Å². The van der Waals surface area contributed by atoms with Crippen LogP contribution in [-0.2, 0) is 19.7 Å². The van der Waals surface area contributed by atoms with Gasteiger partial charge in [0.2, 0.25) is 0 Å². The molecule has 12 heteroatoms. The third-order valence-electron chi connectivity index (χ3n) is 2.36. The maximum Gasteiger partial charge on any atom is 0.403 e. The van der Waals surface area contributed by atoms with Crippen molar-refractivity contribution < 1.29 is 39.9 Å². The second kappa shape index (κ2) is 5.70. The molecule has 0 saturated heterocycles. The van der Waals surface area contributed by atoms with E-state index >= 15 is 0 Å². The molecule has 0 unspecified atom stereocenters. The number of rotatable bonds is 4. The molecule has 0 fully saturated rings. The van der Waals surface area contributed by atoms with Crippen LogP contribution in [0.4, 0.5) is 13.2 Å². The van der Waals surface area contributed by atoms with Crippen molar-refractivity contribution in [2.45, 2.75) is 16.0 Å². The minimum atomic E-state index is -5.22. The van der Waals surface area contributed by atoms with Crippen molar-refractivity contribution in [1.29, 1.82) is 0 Å². The van der Waals surface area contributed by atoms with Crippen LogP contribution >= 0.6 is 11.6 Å². The smallest absolute Gasteiger partial charge is 0.403 e. The average Bonchev–Trinajstić information content (AvgIpc) is 2.22. The molecule has 0 aliphatic rings. The fourth-order valence-electron chi connectivity index (χ4n) is 1.57. The largest absolute Gasteiger partial charge is 0.478 e. The van der Waals surface area contributed by atoms with E-state index in [4.69, 9.17) is 16.7 Å². The van der Waals surface area contributed by atoms with E-state index in [-0.39, 0.29) is 0 Å². The summed E-state index contributed by atoms with van der Waals surface area (Å²) < 4.78 is 83.9. The molecule has 0 aliphatic heterocycles. The molecule has 0 saturated carbocycles. The first-order valence-electron chi connectivity index (χ1n) is 5.22. The molecule has 1 aromatic carbocycles. The molecule has 0 radical (unpaired) electrons. The van der Waals surface area contributed by atoms with Gasteiger partial charge in [-0.1, -0.05) is 11.6 Å². The number of halogens is 4. The zero-order valence-electron chi connectivity index (χ0n) is 10.7. The fourth-order valence-corrected chi connectivity index (χ4v) is 5.15. The molecule has 1 N–H and O–H groups in total. The normalized spacial score (nSPS) is 13.1. The Balaban J connectivity index is 3.84. The van der Waals surface area contributed by atoms with Crippen LogP contribution in [0.3, 0.4) is 0 Å². The van der Waals surface area contributed by atoms with Crippen LogP contribution in [-0.4, -0.2) is 46.1 Å². The Morgan fingerprint density at radius 2 is 1.73 bits per heavy atom. The lowest BCUT2D eigenvalue weighted by molar-refractivity contribution is -0.106. The third-order valence-corrected chi connectivity index (χ3v) is 5.88. The highest BCUT2D eigenvalue weighted by atomic mass is 35.5. The van der Waals surface area contributed by atoms with Crippen LogP contribution in [0.25, 0.3) is 0 Å². The van der Waals surface area contributed by atoms with Gasteiger partial charge in [-0.05, 0) is 12.1 Å². The average molecular weight is 381 g/mol. The van der Waals surface area contributed by atoms with E-state index in [1.54, 1.807) is 0 Å². The lowest BCUT2D eigenvalue weighted by Gasteiger charge is -2.14. The minimum absolute atomic E-state index is 0.561. The highest BCUT2D eigenvalue weighted by molar-refractivity contribution is 7.94. The first-order valence-corrected chi connectivity index (χ1v) is 9.14. The predicted octanol–water partition coefficient (Wildman–Crippen LogP) is 1.78. The molecule has 0 atom stereocenters. The van der Waals surface area contributed by atoms with Crippen LogP contribution in [0.2, 0.25) is 5.02 Å². The Hall–Kier alpha value is -1.33. The highest BCUT2D eigenvalue weighted by Gasteiger charge is 2.40. The number of hydrogen-bond donors (Lipinski definition) is 1. The molecule has 1 aromatic rings. The Labute approximate surface area is 128 Å². The summed E-state index contributed by atoms with van der Waals surface area (Å²) in [7, 11) is -9.48. The van der Waals surface area contributed by atoms with Gasteiger partial charge >= 0.3 is 12.1 Å². The number of carbonyl (C=O) groups is 1. The summed E-state index contributed by atoms with van der Waals surface area (Å²) in [4.78, 5) is 8.54. The number of alkyl halides is 3. The van der Waals surface area contributed by atoms with Gasteiger partial charge < -0.3 is 5.11 Å². The van der Waals surface area contributed by atoms with Gasteiger partial charge in [0.05, 0.1) is 15.5 Å². The van der Waals surface area contributed by atoms with E-state index in [2.05, 4.69) is 0 Å². The molecule has 1 rings (SSSR count). The Morgan fingerprint density at radius 3 is 2.09 bits per heavy atom. The molecule has 124 valence electrons. The molecule has 0 heterocycles. The molecular weight excluding hydrogens is 373 g/mol. The molecule has 22 heavy (non-hydrogen) atoms. The lowest BCUT2D eigenvalue weighted by atomic mass is 10.2. The summed E-state index contributed by atoms with van der Waals surface area (Å²) in [6, 6.07) is 1.29. The monoisotopic (exact) mass is 380 g/mol. The highest BCUT2D eigenvalue weighted by Crippen LogP contribution is 2.35. The van der Waals surface area contributed by atoms with E-state index in [1.807, 2.05) is 0 Å². The minimum Gasteiger partial charge on any atom is -0.478 e. The van der Waals surface area contributed by atoms with Gasteiger partial charge in [0.15, 0.2) is 25.4 Å². The van der Waals surface area contributed by atoms with Crippen molar-refractivity contribution in [1.82, 2.24) is 0 Å². The molecule has 0 spiro atoms. The van der Waals surface area contributed by atoms with Gasteiger partial charge in [-0.25, -0.2) is 21.6 Å². The van der Waals surface area contributed by atoms with Crippen molar-refractivity contribution in [3.8, 4) is 0 Å². The molecule has 0 bridgehead atoms. The maximum absolute atomic E-state index is 12.4. The zero-order chi connectivity index (χ0) is 17.5. The molecular formula is C10H8ClF3O6S2. The van der Waals surface area contributed by atoms with Crippen LogP contribution in [0.15, 0.2) is 21.9 Å². The summed E-state index contributed by atoms with van der Waals surface area (Å²) in [5, 5.41) is 7.75. The van der Waals surface area contributed by atoms with E-state index in [0.717, 1.165) is 0 Å². The summed E-state index contributed by atoms with van der Waals surface area (Å²) in [6.45, 7) is 0. The van der Waals surface area contributed by atoms with Gasteiger partial charge in [0.25, 0.3) is 0 Å². The Kier molecular flexibility index (Phi) is 4.85. The van der Waals surface area contributed by atoms with Gasteiger partial charge in [0, 0.05) is 6.26 Å². The van der Waals surface area contributed by atoms with Gasteiger partial charge in [-0.3, -0.25) is 0 Å². The van der Waals surface area contributed by atoms with E-state index in [9.17, 15) is 34.8 Å². The number of hydrogen-bond acceptors (Lipinski definition) is 5. The Morgan fingerprint density at radius 1 is 1.23 bits per heavy atom. The number of carboxylic acids is 1. The summed E-state index contributed by atoms with van der Waals surface area (Å²) in [5.41, 5.74) is -0.824. The van der Waals surface area contributed by atoms with Gasteiger partial charge in [-0.15, -0.1) is 0 Å². The van der Waals surface area contributed by atoms with Crippen LogP contribution in [0.5, 0.6) is 0 Å². The van der Waals surface area contributed by atoms with Gasteiger partial charge in [-0.2, -0.15) is 13.2 Å². The molecule has 0 amide bonds. The maximum atomic E-state index is 12.4. The van der Waals surface area contributed by atoms with Gasteiger partial charge in [0.1, 0.15) is 4.90 Å². The van der Waals surface area contributed by atoms with E-state index < -0.39 is 58.0 Å². The fraction of sp³-hybridized carbons (Fsp3) is 0.300. The molecule has 0 aliphatic carbocycles. The van der Waals surface area contributed by atoms with E-state index in [0.29, 0.717) is 18.4 Å². The number of benzene rings is 1. The first kappa shape index (κ1) is 18.7. The second-order valence-electron chi connectivity index (χ2n) is 4.21.